The van der Waals surface area contributed by atoms with E-state index in [-0.39, 0.29) is 10.3 Å². The molecule has 0 aromatic heterocycles. The summed E-state index contributed by atoms with van der Waals surface area (Å²) in [5.74, 6) is 0. The van der Waals surface area contributed by atoms with Crippen LogP contribution in [0.5, 0.6) is 0 Å². The molecule has 0 aromatic rings. The number of ether oxygens (including phenoxy) is 1. The topological polar surface area (TPSA) is 9.23 Å². The van der Waals surface area contributed by atoms with E-state index < -0.39 is 0 Å². The molecular formula is C20H42OS2. The van der Waals surface area contributed by atoms with Crippen LogP contribution in [0.1, 0.15) is 101 Å². The highest BCUT2D eigenvalue weighted by atomic mass is 33.1. The highest BCUT2D eigenvalue weighted by Crippen LogP contribution is 2.49. The first-order valence-electron chi connectivity index (χ1n) is 9.25. The van der Waals surface area contributed by atoms with E-state index in [2.05, 4.69) is 80.0 Å². The average molecular weight is 363 g/mol. The van der Waals surface area contributed by atoms with Gasteiger partial charge in [0.1, 0.15) is 0 Å². The SMILES string of the molecule is CCCC(C)(C)OCCC(C)(C)SSC(C)(C)CC(C)(C)CC. The molecule has 0 aliphatic heterocycles. The summed E-state index contributed by atoms with van der Waals surface area (Å²) in [6.07, 6.45) is 5.91. The lowest BCUT2D eigenvalue weighted by molar-refractivity contribution is -0.0267. The van der Waals surface area contributed by atoms with Crippen LogP contribution >= 0.6 is 21.6 Å². The third kappa shape index (κ3) is 11.8. The van der Waals surface area contributed by atoms with Gasteiger partial charge in [-0.1, -0.05) is 62.1 Å². The van der Waals surface area contributed by atoms with Gasteiger partial charge in [-0.2, -0.15) is 0 Å². The van der Waals surface area contributed by atoms with Crippen LogP contribution in [0.4, 0.5) is 0 Å². The molecule has 0 aromatic carbocycles. The molecule has 0 amide bonds. The van der Waals surface area contributed by atoms with Crippen LogP contribution in [0.2, 0.25) is 0 Å². The van der Waals surface area contributed by atoms with Gasteiger partial charge in [0, 0.05) is 16.1 Å². The largest absolute Gasteiger partial charge is 0.376 e. The molecular weight excluding hydrogens is 320 g/mol. The second-order valence-electron chi connectivity index (χ2n) is 9.49. The van der Waals surface area contributed by atoms with Crippen molar-refractivity contribution >= 4 is 21.6 Å². The highest BCUT2D eigenvalue weighted by molar-refractivity contribution is 8.77. The van der Waals surface area contributed by atoms with Crippen molar-refractivity contribution < 1.29 is 4.74 Å². The van der Waals surface area contributed by atoms with Crippen LogP contribution in [0, 0.1) is 5.41 Å². The second-order valence-corrected chi connectivity index (χ2v) is 13.0. The summed E-state index contributed by atoms with van der Waals surface area (Å²) in [5.41, 5.74) is 0.446. The summed E-state index contributed by atoms with van der Waals surface area (Å²) in [7, 11) is 4.09. The maximum atomic E-state index is 6.11. The minimum absolute atomic E-state index is 0.0209. The molecule has 0 rings (SSSR count). The predicted molar refractivity (Wildman–Crippen MR) is 112 cm³/mol. The molecule has 0 aliphatic rings. The minimum Gasteiger partial charge on any atom is -0.376 e. The van der Waals surface area contributed by atoms with E-state index in [1.807, 2.05) is 10.8 Å². The number of rotatable bonds is 12. The lowest BCUT2D eigenvalue weighted by Gasteiger charge is -2.36. The number of hydrogen-bond acceptors (Lipinski definition) is 3. The van der Waals surface area contributed by atoms with E-state index >= 15 is 0 Å². The molecule has 0 spiro atoms. The summed E-state index contributed by atoms with van der Waals surface area (Å²) < 4.78 is 6.67. The van der Waals surface area contributed by atoms with Crippen molar-refractivity contribution in [2.45, 2.75) is 116 Å². The molecule has 0 aliphatic carbocycles. The highest BCUT2D eigenvalue weighted by Gasteiger charge is 2.31. The van der Waals surface area contributed by atoms with E-state index in [0.29, 0.717) is 10.2 Å². The molecule has 0 saturated heterocycles. The summed E-state index contributed by atoms with van der Waals surface area (Å²) in [4.78, 5) is 0. The Morgan fingerprint density at radius 3 is 1.74 bits per heavy atom. The van der Waals surface area contributed by atoms with Gasteiger partial charge >= 0.3 is 0 Å². The van der Waals surface area contributed by atoms with Crippen molar-refractivity contribution in [2.24, 2.45) is 5.41 Å². The van der Waals surface area contributed by atoms with Crippen LogP contribution in [-0.2, 0) is 4.74 Å². The van der Waals surface area contributed by atoms with Gasteiger partial charge in [-0.15, -0.1) is 0 Å². The molecule has 0 N–H and O–H groups in total. The Morgan fingerprint density at radius 1 is 0.739 bits per heavy atom. The fourth-order valence-corrected chi connectivity index (χ4v) is 5.67. The quantitative estimate of drug-likeness (QED) is 0.329. The molecule has 3 heteroatoms. The molecule has 0 atom stereocenters. The Kier molecular flexibility index (Phi) is 9.65. The minimum atomic E-state index is 0.0209. The Bertz CT molecular complexity index is 333. The van der Waals surface area contributed by atoms with Gasteiger partial charge in [0.05, 0.1) is 5.60 Å². The summed E-state index contributed by atoms with van der Waals surface area (Å²) in [6.45, 7) is 24.0. The fourth-order valence-electron chi connectivity index (χ4n) is 2.82. The second kappa shape index (κ2) is 9.38. The van der Waals surface area contributed by atoms with Gasteiger partial charge in [0.2, 0.25) is 0 Å². The van der Waals surface area contributed by atoms with E-state index in [9.17, 15) is 0 Å². The Morgan fingerprint density at radius 2 is 1.26 bits per heavy atom. The fraction of sp³-hybridized carbons (Fsp3) is 1.00. The molecule has 0 bridgehead atoms. The van der Waals surface area contributed by atoms with Crippen molar-refractivity contribution in [3.05, 3.63) is 0 Å². The maximum Gasteiger partial charge on any atom is 0.0626 e. The standard InChI is InChI=1S/C20H42OS2/c1-11-13-18(5,6)21-15-14-19(7,8)22-23-20(9,10)16-17(3,4)12-2/h11-16H2,1-10H3. The molecule has 0 fully saturated rings. The zero-order valence-electron chi connectivity index (χ0n) is 17.5. The lowest BCUT2D eigenvalue weighted by atomic mass is 9.81. The van der Waals surface area contributed by atoms with Crippen LogP contribution in [0.3, 0.4) is 0 Å². The summed E-state index contributed by atoms with van der Waals surface area (Å²) >= 11 is 0. The normalized spacial score (nSPS) is 14.3. The first kappa shape index (κ1) is 23.7. The first-order chi connectivity index (χ1) is 10.2. The van der Waals surface area contributed by atoms with Crippen molar-refractivity contribution in [1.82, 2.24) is 0 Å². The molecule has 1 nitrogen and oxygen atoms in total. The van der Waals surface area contributed by atoms with Gasteiger partial charge in [-0.05, 0) is 66.2 Å². The average Bonchev–Trinajstić information content (AvgIpc) is 2.35. The summed E-state index contributed by atoms with van der Waals surface area (Å²) in [5, 5.41) is 0. The van der Waals surface area contributed by atoms with Crippen LogP contribution < -0.4 is 0 Å². The van der Waals surface area contributed by atoms with E-state index in [0.717, 1.165) is 19.4 Å². The predicted octanol–water partition coefficient (Wildman–Crippen LogP) is 7.74. The molecule has 0 saturated carbocycles. The maximum absolute atomic E-state index is 6.11. The van der Waals surface area contributed by atoms with Gasteiger partial charge in [0.15, 0.2) is 0 Å². The van der Waals surface area contributed by atoms with Crippen LogP contribution in [0.25, 0.3) is 0 Å². The monoisotopic (exact) mass is 362 g/mol. The van der Waals surface area contributed by atoms with Crippen molar-refractivity contribution in [2.75, 3.05) is 6.61 Å². The lowest BCUT2D eigenvalue weighted by Crippen LogP contribution is -2.28. The van der Waals surface area contributed by atoms with E-state index in [1.165, 1.54) is 19.3 Å². The van der Waals surface area contributed by atoms with Gasteiger partial charge in [0.25, 0.3) is 0 Å². The molecule has 0 unspecified atom stereocenters. The smallest absolute Gasteiger partial charge is 0.0626 e. The van der Waals surface area contributed by atoms with Gasteiger partial charge in [-0.25, -0.2) is 0 Å². The van der Waals surface area contributed by atoms with E-state index in [1.54, 1.807) is 0 Å². The van der Waals surface area contributed by atoms with E-state index in [4.69, 9.17) is 4.74 Å². The van der Waals surface area contributed by atoms with Crippen LogP contribution in [0.15, 0.2) is 0 Å². The number of hydrogen-bond donors (Lipinski definition) is 0. The van der Waals surface area contributed by atoms with Gasteiger partial charge in [-0.3, -0.25) is 0 Å². The molecule has 0 heterocycles. The van der Waals surface area contributed by atoms with Gasteiger partial charge < -0.3 is 4.74 Å². The Labute approximate surface area is 154 Å². The molecule has 0 radical (unpaired) electrons. The van der Waals surface area contributed by atoms with Crippen molar-refractivity contribution in [3.63, 3.8) is 0 Å². The third-order valence-corrected chi connectivity index (χ3v) is 8.69. The first-order valence-corrected chi connectivity index (χ1v) is 11.4. The van der Waals surface area contributed by atoms with Crippen molar-refractivity contribution in [1.29, 1.82) is 0 Å². The third-order valence-electron chi connectivity index (χ3n) is 4.40. The molecule has 140 valence electrons. The zero-order chi connectivity index (χ0) is 18.4. The Hall–Kier alpha value is 0.660. The molecule has 23 heavy (non-hydrogen) atoms. The van der Waals surface area contributed by atoms with Crippen LogP contribution in [-0.4, -0.2) is 21.7 Å². The zero-order valence-corrected chi connectivity index (χ0v) is 19.1. The summed E-state index contributed by atoms with van der Waals surface area (Å²) in [6, 6.07) is 0. The Balaban J connectivity index is 4.31. The van der Waals surface area contributed by atoms with Crippen molar-refractivity contribution in [3.8, 4) is 0 Å².